The molecular formula is C25H25N5OS. The van der Waals surface area contributed by atoms with Crippen molar-refractivity contribution in [1.82, 2.24) is 24.1 Å². The Kier molecular flexibility index (Phi) is 6.09. The van der Waals surface area contributed by atoms with Crippen LogP contribution in [0.25, 0.3) is 28.2 Å². The predicted octanol–water partition coefficient (Wildman–Crippen LogP) is 5.17. The molecule has 5 rings (SSSR count). The Labute approximate surface area is 190 Å². The van der Waals surface area contributed by atoms with Gasteiger partial charge in [-0.15, -0.1) is 0 Å². The van der Waals surface area contributed by atoms with Gasteiger partial charge in [-0.3, -0.25) is 4.98 Å². The number of rotatable bonds is 9. The quantitative estimate of drug-likeness (QED) is 0.252. The van der Waals surface area contributed by atoms with Crippen LogP contribution in [0.3, 0.4) is 0 Å². The van der Waals surface area contributed by atoms with Crippen molar-refractivity contribution < 1.29 is 4.55 Å². The average molecular weight is 444 g/mol. The van der Waals surface area contributed by atoms with Crippen molar-refractivity contribution in [2.24, 2.45) is 0 Å². The number of fused-ring (bicyclic) bond motifs is 1. The highest BCUT2D eigenvalue weighted by atomic mass is 32.2. The van der Waals surface area contributed by atoms with E-state index < -0.39 is 11.2 Å². The summed E-state index contributed by atoms with van der Waals surface area (Å²) in [5.74, 6) is 0.601. The summed E-state index contributed by atoms with van der Waals surface area (Å²) in [6.07, 6.45) is 8.78. The molecule has 0 aliphatic rings. The van der Waals surface area contributed by atoms with Crippen molar-refractivity contribution in [2.75, 3.05) is 5.75 Å². The Balaban J connectivity index is 1.24. The van der Waals surface area contributed by atoms with Gasteiger partial charge in [-0.1, -0.05) is 60.7 Å². The van der Waals surface area contributed by atoms with Gasteiger partial charge >= 0.3 is 5.16 Å². The third kappa shape index (κ3) is 4.35. The number of aryl methyl sites for hydroxylation is 1. The normalized spacial score (nSPS) is 12.4. The van der Waals surface area contributed by atoms with Gasteiger partial charge in [0.05, 0.1) is 11.9 Å². The lowest BCUT2D eigenvalue weighted by molar-refractivity contribution is 0.574. The minimum absolute atomic E-state index is 0.550. The molecule has 1 atom stereocenters. The summed E-state index contributed by atoms with van der Waals surface area (Å²) in [5, 5.41) is 4.79. The third-order valence-corrected chi connectivity index (χ3v) is 6.85. The van der Waals surface area contributed by atoms with Gasteiger partial charge < -0.3 is 9.12 Å². The first kappa shape index (κ1) is 20.6. The Hall–Kier alpha value is -3.29. The van der Waals surface area contributed by atoms with E-state index in [9.17, 15) is 4.55 Å². The van der Waals surface area contributed by atoms with Crippen LogP contribution in [0.4, 0.5) is 0 Å². The molecule has 32 heavy (non-hydrogen) atoms. The van der Waals surface area contributed by atoms with Gasteiger partial charge in [0.25, 0.3) is 0 Å². The molecule has 0 aliphatic carbocycles. The van der Waals surface area contributed by atoms with Crippen LogP contribution in [0.1, 0.15) is 19.3 Å². The maximum Gasteiger partial charge on any atom is 0.321 e. The number of aromatic nitrogens is 5. The van der Waals surface area contributed by atoms with Crippen molar-refractivity contribution >= 4 is 16.8 Å². The Morgan fingerprint density at radius 3 is 2.38 bits per heavy atom. The fraction of sp³-hybridized carbons (Fsp3) is 0.200. The molecule has 7 heteroatoms. The van der Waals surface area contributed by atoms with Crippen molar-refractivity contribution in [1.29, 1.82) is 0 Å². The summed E-state index contributed by atoms with van der Waals surface area (Å²) in [6.45, 7) is 0.936. The molecule has 0 radical (unpaired) electrons. The highest BCUT2D eigenvalue weighted by Crippen LogP contribution is 2.31. The smallest absolute Gasteiger partial charge is 0.321 e. The maximum absolute atomic E-state index is 13.0. The first-order chi connectivity index (χ1) is 15.8. The first-order valence-electron chi connectivity index (χ1n) is 10.9. The average Bonchev–Trinajstić information content (AvgIpc) is 3.57. The van der Waals surface area contributed by atoms with E-state index in [1.165, 1.54) is 0 Å². The highest BCUT2D eigenvalue weighted by Gasteiger charge is 2.21. The number of nitrogens with one attached hydrogen (secondary N) is 1. The number of unbranched alkanes of at least 4 members (excludes halogenated alkanes) is 2. The molecular weight excluding hydrogens is 418 g/mol. The van der Waals surface area contributed by atoms with Crippen LogP contribution >= 0.6 is 0 Å². The van der Waals surface area contributed by atoms with E-state index in [1.54, 1.807) is 0 Å². The molecule has 0 aliphatic heterocycles. The van der Waals surface area contributed by atoms with Crippen LogP contribution in [0, 0.1) is 0 Å². The van der Waals surface area contributed by atoms with Crippen molar-refractivity contribution in [3.05, 3.63) is 85.3 Å². The largest absolute Gasteiger partial charge is 0.609 e. The lowest BCUT2D eigenvalue weighted by atomic mass is 10.1. The summed E-state index contributed by atoms with van der Waals surface area (Å²) >= 11 is -1.16. The summed E-state index contributed by atoms with van der Waals surface area (Å²) in [4.78, 5) is 8.11. The Bertz CT molecular complexity index is 1220. The van der Waals surface area contributed by atoms with Crippen LogP contribution in [0.15, 0.2) is 90.5 Å². The standard InChI is InChI=1S/C25H25N5OS/c31-32(19-9-3-8-16-29-17-18-30-22(29)14-15-26-30)25-27-23(20-10-4-1-5-11-20)24(28-25)21-12-6-2-7-13-21/h1-2,4-7,10-15,17-18H,3,8-9,16,19H2,(H,27,28). The molecule has 0 amide bonds. The molecule has 0 saturated carbocycles. The second-order valence-corrected chi connectivity index (χ2v) is 9.22. The minimum atomic E-state index is -1.16. The molecule has 0 fully saturated rings. The van der Waals surface area contributed by atoms with E-state index in [-0.39, 0.29) is 0 Å². The van der Waals surface area contributed by atoms with Crippen LogP contribution in [-0.2, 0) is 17.7 Å². The second kappa shape index (κ2) is 9.46. The highest BCUT2D eigenvalue weighted by molar-refractivity contribution is 7.91. The second-order valence-electron chi connectivity index (χ2n) is 7.73. The molecule has 5 aromatic rings. The van der Waals surface area contributed by atoms with Gasteiger partial charge in [0, 0.05) is 47.3 Å². The topological polar surface area (TPSA) is 74.0 Å². The molecule has 0 spiro atoms. The van der Waals surface area contributed by atoms with Crippen LogP contribution in [0.5, 0.6) is 0 Å². The zero-order valence-electron chi connectivity index (χ0n) is 17.7. The molecule has 1 unspecified atom stereocenters. The summed E-state index contributed by atoms with van der Waals surface area (Å²) in [5.41, 5.74) is 4.92. The number of benzene rings is 2. The Morgan fingerprint density at radius 1 is 0.844 bits per heavy atom. The molecule has 0 saturated heterocycles. The molecule has 162 valence electrons. The van der Waals surface area contributed by atoms with E-state index in [1.807, 2.05) is 83.6 Å². The minimum Gasteiger partial charge on any atom is -0.609 e. The molecule has 0 bridgehead atoms. The van der Waals surface area contributed by atoms with Crippen LogP contribution in [-0.4, -0.2) is 34.5 Å². The van der Waals surface area contributed by atoms with E-state index in [2.05, 4.69) is 20.8 Å². The molecule has 3 heterocycles. The van der Waals surface area contributed by atoms with E-state index in [0.29, 0.717) is 10.9 Å². The Morgan fingerprint density at radius 2 is 1.59 bits per heavy atom. The van der Waals surface area contributed by atoms with Crippen molar-refractivity contribution in [3.8, 4) is 22.5 Å². The van der Waals surface area contributed by atoms with Gasteiger partial charge in [0.2, 0.25) is 0 Å². The number of hydrogen-bond acceptors (Lipinski definition) is 3. The maximum atomic E-state index is 13.0. The van der Waals surface area contributed by atoms with Crippen LogP contribution < -0.4 is 0 Å². The number of hydrogen-bond donors (Lipinski definition) is 1. The zero-order chi connectivity index (χ0) is 21.8. The zero-order valence-corrected chi connectivity index (χ0v) is 18.5. The van der Waals surface area contributed by atoms with Crippen molar-refractivity contribution in [3.63, 3.8) is 0 Å². The van der Waals surface area contributed by atoms with Gasteiger partial charge in [0.15, 0.2) is 0 Å². The van der Waals surface area contributed by atoms with E-state index in [0.717, 1.165) is 54.0 Å². The molecule has 6 nitrogen and oxygen atoms in total. The summed E-state index contributed by atoms with van der Waals surface area (Å²) in [6, 6.07) is 22.2. The number of imidazole rings is 2. The number of nitrogens with zero attached hydrogens (tertiary/aromatic N) is 4. The monoisotopic (exact) mass is 443 g/mol. The van der Waals surface area contributed by atoms with Gasteiger partial charge in [-0.05, 0) is 19.3 Å². The van der Waals surface area contributed by atoms with Gasteiger partial charge in [0.1, 0.15) is 17.1 Å². The van der Waals surface area contributed by atoms with Gasteiger partial charge in [-0.2, -0.15) is 10.1 Å². The summed E-state index contributed by atoms with van der Waals surface area (Å²) in [7, 11) is 0. The molecule has 2 aromatic carbocycles. The van der Waals surface area contributed by atoms with E-state index >= 15 is 0 Å². The fourth-order valence-corrected chi connectivity index (χ4v) is 4.99. The molecule has 1 N–H and O–H groups in total. The van der Waals surface area contributed by atoms with Crippen LogP contribution in [0.2, 0.25) is 0 Å². The number of aromatic amines is 1. The van der Waals surface area contributed by atoms with Crippen molar-refractivity contribution in [2.45, 2.75) is 31.0 Å². The lowest BCUT2D eigenvalue weighted by Gasteiger charge is -2.07. The lowest BCUT2D eigenvalue weighted by Crippen LogP contribution is -2.09. The third-order valence-electron chi connectivity index (χ3n) is 5.57. The summed E-state index contributed by atoms with van der Waals surface area (Å²) < 4.78 is 17.1. The number of H-pyrrole nitrogens is 1. The van der Waals surface area contributed by atoms with E-state index in [4.69, 9.17) is 4.98 Å². The first-order valence-corrected chi connectivity index (χ1v) is 12.2. The molecule has 3 aromatic heterocycles. The predicted molar refractivity (Wildman–Crippen MR) is 128 cm³/mol. The van der Waals surface area contributed by atoms with Gasteiger partial charge in [-0.25, -0.2) is 4.52 Å². The SMILES string of the molecule is [O-][S+](CCCCCn1ccn2nccc12)c1nc(-c2ccccc2)c(-c2ccccc2)[nH]1. The fourth-order valence-electron chi connectivity index (χ4n) is 3.93.